The van der Waals surface area contributed by atoms with Gasteiger partial charge in [-0.3, -0.25) is 0 Å². The summed E-state index contributed by atoms with van der Waals surface area (Å²) in [6.07, 6.45) is -3.23. The number of benzene rings is 1. The smallest absolute Gasteiger partial charge is 0.382 e. The second-order valence-corrected chi connectivity index (χ2v) is 6.68. The minimum Gasteiger partial charge on any atom is -0.382 e. The third-order valence-corrected chi connectivity index (χ3v) is 5.00. The van der Waals surface area contributed by atoms with Crippen molar-refractivity contribution in [2.75, 3.05) is 13.6 Å². The second kappa shape index (κ2) is 6.27. The predicted molar refractivity (Wildman–Crippen MR) is 82.7 cm³/mol. The summed E-state index contributed by atoms with van der Waals surface area (Å²) >= 11 is 0. The molecular weight excluding hydrogens is 321 g/mol. The summed E-state index contributed by atoms with van der Waals surface area (Å²) in [7, 11) is 1.26. The molecule has 3 atom stereocenters. The molecule has 7 heteroatoms. The van der Waals surface area contributed by atoms with Crippen molar-refractivity contribution in [3.05, 3.63) is 34.9 Å². The van der Waals surface area contributed by atoms with Gasteiger partial charge in [0, 0.05) is 7.05 Å². The van der Waals surface area contributed by atoms with Crippen LogP contribution in [0.1, 0.15) is 47.9 Å². The number of hydrogen-bond donors (Lipinski definition) is 2. The molecule has 1 aromatic carbocycles. The molecule has 0 fully saturated rings. The second-order valence-electron chi connectivity index (χ2n) is 6.68. The monoisotopic (exact) mass is 342 g/mol. The lowest BCUT2D eigenvalue weighted by atomic mass is 9.84. The molecule has 0 saturated heterocycles. The number of alkyl halides is 3. The summed E-state index contributed by atoms with van der Waals surface area (Å²) in [5.74, 6) is 0.418. The summed E-state index contributed by atoms with van der Waals surface area (Å²) in [6, 6.07) is 5.29. The first-order valence-electron chi connectivity index (χ1n) is 8.15. The highest BCUT2D eigenvalue weighted by molar-refractivity contribution is 5.75. The largest absolute Gasteiger partial charge is 0.416 e. The number of amides is 2. The van der Waals surface area contributed by atoms with Crippen LogP contribution in [0, 0.1) is 0 Å². The summed E-state index contributed by atoms with van der Waals surface area (Å²) in [5, 5.41) is 11.9. The van der Waals surface area contributed by atoms with Crippen LogP contribution in [0.3, 0.4) is 0 Å². The minimum absolute atomic E-state index is 0.180. The van der Waals surface area contributed by atoms with Gasteiger partial charge in [-0.25, -0.2) is 4.79 Å². The number of halogens is 3. The first-order chi connectivity index (χ1) is 11.3. The zero-order chi connectivity index (χ0) is 17.5. The maximum atomic E-state index is 12.4. The van der Waals surface area contributed by atoms with Crippen LogP contribution < -0.4 is 5.32 Å². The van der Waals surface area contributed by atoms with Crippen molar-refractivity contribution in [2.45, 2.75) is 49.9 Å². The Kier molecular flexibility index (Phi) is 4.46. The molecule has 0 unspecified atom stereocenters. The number of nitrogens with zero attached hydrogens (tertiary/aromatic N) is 1. The Bertz CT molecular complexity index is 633. The van der Waals surface area contributed by atoms with Gasteiger partial charge in [0.2, 0.25) is 0 Å². The number of carbonyl (C=O) groups is 1. The summed E-state index contributed by atoms with van der Waals surface area (Å²) < 4.78 is 37.2. The maximum absolute atomic E-state index is 12.4. The SMILES string of the molecule is CN(C[C@H](O)C(F)(F)F)C(=O)N[C@H]1C[C@@H]2CCCc3cccc1c32. The highest BCUT2D eigenvalue weighted by atomic mass is 19.4. The summed E-state index contributed by atoms with van der Waals surface area (Å²) in [4.78, 5) is 13.1. The number of aliphatic hydroxyl groups is 1. The summed E-state index contributed by atoms with van der Waals surface area (Å²) in [5.41, 5.74) is 3.71. The van der Waals surface area contributed by atoms with Crippen LogP contribution >= 0.6 is 0 Å². The van der Waals surface area contributed by atoms with E-state index in [-0.39, 0.29) is 6.04 Å². The highest BCUT2D eigenvalue weighted by Crippen LogP contribution is 2.47. The number of rotatable bonds is 3. The van der Waals surface area contributed by atoms with E-state index >= 15 is 0 Å². The van der Waals surface area contributed by atoms with Gasteiger partial charge >= 0.3 is 12.2 Å². The van der Waals surface area contributed by atoms with Gasteiger partial charge in [0.1, 0.15) is 0 Å². The molecule has 2 aliphatic rings. The van der Waals surface area contributed by atoms with Crippen molar-refractivity contribution in [3.63, 3.8) is 0 Å². The van der Waals surface area contributed by atoms with E-state index in [0.29, 0.717) is 5.92 Å². The predicted octanol–water partition coefficient (Wildman–Crippen LogP) is 3.12. The molecule has 0 aliphatic heterocycles. The Morgan fingerprint density at radius 2 is 2.21 bits per heavy atom. The van der Waals surface area contributed by atoms with Crippen LogP contribution in [0.15, 0.2) is 18.2 Å². The van der Waals surface area contributed by atoms with Crippen molar-refractivity contribution in [1.82, 2.24) is 10.2 Å². The Morgan fingerprint density at radius 1 is 1.46 bits per heavy atom. The first kappa shape index (κ1) is 17.1. The molecule has 2 amide bonds. The number of likely N-dealkylation sites (N-methyl/N-ethyl adjacent to an activating group) is 1. The van der Waals surface area contributed by atoms with Gasteiger partial charge in [0.25, 0.3) is 0 Å². The van der Waals surface area contributed by atoms with Crippen molar-refractivity contribution in [3.8, 4) is 0 Å². The van der Waals surface area contributed by atoms with Crippen molar-refractivity contribution >= 4 is 6.03 Å². The van der Waals surface area contributed by atoms with Gasteiger partial charge in [0.15, 0.2) is 6.10 Å². The van der Waals surface area contributed by atoms with Gasteiger partial charge in [-0.1, -0.05) is 18.2 Å². The van der Waals surface area contributed by atoms with Crippen molar-refractivity contribution < 1.29 is 23.1 Å². The first-order valence-corrected chi connectivity index (χ1v) is 8.15. The number of carbonyl (C=O) groups excluding carboxylic acids is 1. The molecule has 2 aliphatic carbocycles. The number of nitrogens with one attached hydrogen (secondary N) is 1. The molecule has 0 saturated carbocycles. The zero-order valence-corrected chi connectivity index (χ0v) is 13.4. The third-order valence-electron chi connectivity index (χ3n) is 5.00. The van der Waals surface area contributed by atoms with E-state index in [4.69, 9.17) is 5.11 Å². The average Bonchev–Trinajstić information content (AvgIpc) is 2.86. The molecule has 132 valence electrons. The van der Waals surface area contributed by atoms with E-state index in [1.165, 1.54) is 18.2 Å². The molecule has 0 radical (unpaired) electrons. The van der Waals surface area contributed by atoms with E-state index in [1.54, 1.807) is 0 Å². The third kappa shape index (κ3) is 3.22. The Hall–Kier alpha value is -1.76. The quantitative estimate of drug-likeness (QED) is 0.887. The molecule has 1 aromatic rings. The molecule has 4 nitrogen and oxygen atoms in total. The van der Waals surface area contributed by atoms with Crippen LogP contribution in [0.4, 0.5) is 18.0 Å². The van der Waals surface area contributed by atoms with Gasteiger partial charge in [-0.05, 0) is 48.3 Å². The van der Waals surface area contributed by atoms with Crippen LogP contribution in [0.5, 0.6) is 0 Å². The average molecular weight is 342 g/mol. The lowest BCUT2D eigenvalue weighted by Gasteiger charge is -2.25. The maximum Gasteiger partial charge on any atom is 0.416 e. The molecule has 24 heavy (non-hydrogen) atoms. The molecule has 3 rings (SSSR count). The van der Waals surface area contributed by atoms with Crippen molar-refractivity contribution in [2.24, 2.45) is 0 Å². The molecule has 0 bridgehead atoms. The van der Waals surface area contributed by atoms with E-state index in [9.17, 15) is 18.0 Å². The molecule has 2 N–H and O–H groups in total. The number of urea groups is 1. The Morgan fingerprint density at radius 3 is 2.92 bits per heavy atom. The van der Waals surface area contributed by atoms with Gasteiger partial charge in [0.05, 0.1) is 12.6 Å². The highest BCUT2D eigenvalue weighted by Gasteiger charge is 2.40. The number of aliphatic hydroxyl groups excluding tert-OH is 1. The minimum atomic E-state index is -4.73. The van der Waals surface area contributed by atoms with Gasteiger partial charge in [-0.15, -0.1) is 0 Å². The van der Waals surface area contributed by atoms with E-state index in [2.05, 4.69) is 11.4 Å². The fourth-order valence-electron chi connectivity index (χ4n) is 3.82. The summed E-state index contributed by atoms with van der Waals surface area (Å²) in [6.45, 7) is -0.779. The van der Waals surface area contributed by atoms with E-state index < -0.39 is 24.9 Å². The van der Waals surface area contributed by atoms with E-state index in [1.807, 2.05) is 12.1 Å². The van der Waals surface area contributed by atoms with Crippen LogP contribution in [0.25, 0.3) is 0 Å². The number of hydrogen-bond acceptors (Lipinski definition) is 2. The lowest BCUT2D eigenvalue weighted by molar-refractivity contribution is -0.205. The Balaban J connectivity index is 1.67. The Labute approximate surface area is 138 Å². The van der Waals surface area contributed by atoms with Crippen LogP contribution in [-0.2, 0) is 6.42 Å². The topological polar surface area (TPSA) is 52.6 Å². The molecule has 0 spiro atoms. The van der Waals surface area contributed by atoms with Gasteiger partial charge in [-0.2, -0.15) is 13.2 Å². The molecule has 0 aromatic heterocycles. The van der Waals surface area contributed by atoms with Crippen LogP contribution in [-0.4, -0.2) is 41.9 Å². The normalized spacial score (nSPS) is 23.5. The fourth-order valence-corrected chi connectivity index (χ4v) is 3.82. The van der Waals surface area contributed by atoms with E-state index in [0.717, 1.165) is 36.1 Å². The fraction of sp³-hybridized carbons (Fsp3) is 0.588. The van der Waals surface area contributed by atoms with Crippen LogP contribution in [0.2, 0.25) is 0 Å². The standard InChI is InChI=1S/C17H21F3N2O2/c1-22(9-14(23)17(18,19)20)16(24)21-13-8-11-6-2-4-10-5-3-7-12(13)15(10)11/h3,5,7,11,13-14,23H,2,4,6,8-9H2,1H3,(H,21,24)/t11-,13-,14-/m0/s1. The van der Waals surface area contributed by atoms with Gasteiger partial charge < -0.3 is 15.3 Å². The molecule has 0 heterocycles. The zero-order valence-electron chi connectivity index (χ0n) is 13.4. The number of aryl methyl sites for hydroxylation is 1. The van der Waals surface area contributed by atoms with Crippen molar-refractivity contribution in [1.29, 1.82) is 0 Å². The lowest BCUT2D eigenvalue weighted by Crippen LogP contribution is -2.46. The molecular formula is C17H21F3N2O2.